The van der Waals surface area contributed by atoms with Crippen molar-refractivity contribution in [1.82, 2.24) is 9.97 Å². The maximum absolute atomic E-state index is 11.3. The Hall–Kier alpha value is -1.55. The molecule has 2 aromatic rings. The monoisotopic (exact) mass is 210 g/mol. The second-order valence-electron chi connectivity index (χ2n) is 2.74. The zero-order valence-electron chi connectivity index (χ0n) is 7.37. The normalized spacial score (nSPS) is 10.4. The van der Waals surface area contributed by atoms with Gasteiger partial charge in [-0.15, -0.1) is 0 Å². The summed E-state index contributed by atoms with van der Waals surface area (Å²) >= 11 is 5.83. The quantitative estimate of drug-likeness (QED) is 0.733. The number of carbonyl (C=O) groups excluding carboxylic acids is 1. The molecule has 1 aromatic heterocycles. The summed E-state index contributed by atoms with van der Waals surface area (Å²) in [5.41, 5.74) is 1.66. The Morgan fingerprint density at radius 2 is 2.36 bits per heavy atom. The Labute approximate surface area is 84.9 Å². The number of carbonyl (C=O) groups is 1. The van der Waals surface area contributed by atoms with Crippen LogP contribution in [0.1, 0.15) is 10.4 Å². The molecule has 0 atom stereocenters. The van der Waals surface area contributed by atoms with E-state index in [1.165, 1.54) is 19.5 Å². The van der Waals surface area contributed by atoms with Gasteiger partial charge < -0.3 is 9.72 Å². The third-order valence-electron chi connectivity index (χ3n) is 1.89. The molecule has 0 radical (unpaired) electrons. The van der Waals surface area contributed by atoms with Gasteiger partial charge in [-0.2, -0.15) is 0 Å². The second-order valence-corrected chi connectivity index (χ2v) is 3.18. The molecule has 0 saturated carbocycles. The standard InChI is InChI=1S/C9H7ClN2O2/c1-14-9(13)6-2-5(10)3-7-8(6)12-4-11-7/h2-4H,1H3,(H,11,12). The van der Waals surface area contributed by atoms with Crippen molar-refractivity contribution in [2.45, 2.75) is 0 Å². The van der Waals surface area contributed by atoms with Crippen molar-refractivity contribution in [2.75, 3.05) is 7.11 Å². The number of imidazole rings is 1. The molecule has 0 spiro atoms. The maximum Gasteiger partial charge on any atom is 0.340 e. The van der Waals surface area contributed by atoms with Crippen LogP contribution in [-0.2, 0) is 4.74 Å². The number of nitrogens with zero attached hydrogens (tertiary/aromatic N) is 1. The predicted octanol–water partition coefficient (Wildman–Crippen LogP) is 2.00. The summed E-state index contributed by atoms with van der Waals surface area (Å²) in [7, 11) is 1.32. The van der Waals surface area contributed by atoms with Crippen LogP contribution in [0.4, 0.5) is 0 Å². The van der Waals surface area contributed by atoms with Gasteiger partial charge in [-0.05, 0) is 12.1 Å². The van der Waals surface area contributed by atoms with Crippen molar-refractivity contribution in [3.05, 3.63) is 29.0 Å². The highest BCUT2D eigenvalue weighted by molar-refractivity contribution is 6.31. The van der Waals surface area contributed by atoms with E-state index in [0.29, 0.717) is 16.1 Å². The third-order valence-corrected chi connectivity index (χ3v) is 2.11. The summed E-state index contributed by atoms with van der Waals surface area (Å²) < 4.78 is 4.62. The molecule has 0 bridgehead atoms. The Morgan fingerprint density at radius 1 is 1.57 bits per heavy atom. The van der Waals surface area contributed by atoms with E-state index in [1.54, 1.807) is 6.07 Å². The van der Waals surface area contributed by atoms with Crippen LogP contribution >= 0.6 is 11.6 Å². The van der Waals surface area contributed by atoms with Crippen LogP contribution in [0.5, 0.6) is 0 Å². The van der Waals surface area contributed by atoms with Crippen molar-refractivity contribution in [1.29, 1.82) is 0 Å². The minimum atomic E-state index is -0.440. The van der Waals surface area contributed by atoms with E-state index in [1.807, 2.05) is 0 Å². The number of nitrogens with one attached hydrogen (secondary N) is 1. The third kappa shape index (κ3) is 1.33. The minimum Gasteiger partial charge on any atom is -0.465 e. The lowest BCUT2D eigenvalue weighted by Gasteiger charge is -2.00. The first-order valence-electron chi connectivity index (χ1n) is 3.93. The molecule has 4 nitrogen and oxygen atoms in total. The summed E-state index contributed by atoms with van der Waals surface area (Å²) in [5.74, 6) is -0.440. The highest BCUT2D eigenvalue weighted by atomic mass is 35.5. The van der Waals surface area contributed by atoms with Crippen molar-refractivity contribution >= 4 is 28.6 Å². The molecule has 0 aliphatic carbocycles. The van der Waals surface area contributed by atoms with Crippen molar-refractivity contribution < 1.29 is 9.53 Å². The smallest absolute Gasteiger partial charge is 0.340 e. The fourth-order valence-electron chi connectivity index (χ4n) is 1.28. The zero-order chi connectivity index (χ0) is 10.1. The van der Waals surface area contributed by atoms with Crippen LogP contribution in [-0.4, -0.2) is 23.0 Å². The van der Waals surface area contributed by atoms with Crippen LogP contribution in [0.2, 0.25) is 5.02 Å². The Bertz CT molecular complexity index is 493. The maximum atomic E-state index is 11.3. The van der Waals surface area contributed by atoms with Crippen LogP contribution in [0.25, 0.3) is 11.0 Å². The fraction of sp³-hybridized carbons (Fsp3) is 0.111. The number of ether oxygens (including phenoxy) is 1. The molecule has 1 aromatic carbocycles. The zero-order valence-corrected chi connectivity index (χ0v) is 8.13. The van der Waals surface area contributed by atoms with Gasteiger partial charge in [0.15, 0.2) is 0 Å². The first kappa shape index (κ1) is 9.02. The number of halogens is 1. The van der Waals surface area contributed by atoms with Gasteiger partial charge in [-0.25, -0.2) is 9.78 Å². The van der Waals surface area contributed by atoms with Gasteiger partial charge in [0.25, 0.3) is 0 Å². The number of benzene rings is 1. The highest BCUT2D eigenvalue weighted by Crippen LogP contribution is 2.21. The number of aromatic amines is 1. The molecule has 5 heteroatoms. The van der Waals surface area contributed by atoms with Crippen molar-refractivity contribution in [3.63, 3.8) is 0 Å². The van der Waals surface area contributed by atoms with E-state index in [2.05, 4.69) is 14.7 Å². The summed E-state index contributed by atoms with van der Waals surface area (Å²) in [6.45, 7) is 0. The molecular formula is C9H7ClN2O2. The van der Waals surface area contributed by atoms with Gasteiger partial charge in [0, 0.05) is 5.02 Å². The number of rotatable bonds is 1. The van der Waals surface area contributed by atoms with E-state index in [9.17, 15) is 4.79 Å². The molecule has 14 heavy (non-hydrogen) atoms. The van der Waals surface area contributed by atoms with Gasteiger partial charge in [0.1, 0.15) is 5.52 Å². The molecule has 0 amide bonds. The van der Waals surface area contributed by atoms with Crippen molar-refractivity contribution in [3.8, 4) is 0 Å². The van der Waals surface area contributed by atoms with Gasteiger partial charge >= 0.3 is 5.97 Å². The lowest BCUT2D eigenvalue weighted by molar-refractivity contribution is 0.0603. The molecule has 0 aliphatic heterocycles. The van der Waals surface area contributed by atoms with E-state index >= 15 is 0 Å². The molecule has 0 unspecified atom stereocenters. The predicted molar refractivity (Wildman–Crippen MR) is 52.4 cm³/mol. The number of esters is 1. The van der Waals surface area contributed by atoms with Gasteiger partial charge in [-0.1, -0.05) is 11.6 Å². The molecule has 72 valence electrons. The number of hydrogen-bond donors (Lipinski definition) is 1. The summed E-state index contributed by atoms with van der Waals surface area (Å²) in [4.78, 5) is 18.2. The summed E-state index contributed by atoms with van der Waals surface area (Å²) in [6, 6.07) is 3.24. The van der Waals surface area contributed by atoms with E-state index in [-0.39, 0.29) is 0 Å². The molecule has 0 aliphatic rings. The number of fused-ring (bicyclic) bond motifs is 1. The summed E-state index contributed by atoms with van der Waals surface area (Å²) in [6.07, 6.45) is 1.51. The van der Waals surface area contributed by atoms with Crippen molar-refractivity contribution in [2.24, 2.45) is 0 Å². The lowest BCUT2D eigenvalue weighted by atomic mass is 10.2. The summed E-state index contributed by atoms with van der Waals surface area (Å²) in [5, 5.41) is 0.474. The minimum absolute atomic E-state index is 0.372. The number of hydrogen-bond acceptors (Lipinski definition) is 3. The van der Waals surface area contributed by atoms with Crippen LogP contribution in [0, 0.1) is 0 Å². The number of methoxy groups -OCH3 is 1. The molecule has 1 N–H and O–H groups in total. The Morgan fingerprint density at radius 3 is 3.07 bits per heavy atom. The average Bonchev–Trinajstić information content (AvgIpc) is 2.62. The average molecular weight is 211 g/mol. The Balaban J connectivity index is 2.72. The van der Waals surface area contributed by atoms with Crippen LogP contribution < -0.4 is 0 Å². The van der Waals surface area contributed by atoms with E-state index in [0.717, 1.165) is 5.52 Å². The van der Waals surface area contributed by atoms with Crippen LogP contribution in [0.15, 0.2) is 18.5 Å². The lowest BCUT2D eigenvalue weighted by Crippen LogP contribution is -2.02. The SMILES string of the molecule is COC(=O)c1cc(Cl)cc2[nH]cnc12. The Kier molecular flexibility index (Phi) is 2.13. The van der Waals surface area contributed by atoms with Gasteiger partial charge in [-0.3, -0.25) is 0 Å². The molecular weight excluding hydrogens is 204 g/mol. The second kappa shape index (κ2) is 3.31. The fourth-order valence-corrected chi connectivity index (χ4v) is 1.50. The van der Waals surface area contributed by atoms with Gasteiger partial charge in [0.2, 0.25) is 0 Å². The topological polar surface area (TPSA) is 55.0 Å². The molecule has 1 heterocycles. The molecule has 0 saturated heterocycles. The molecule has 2 rings (SSSR count). The number of aromatic nitrogens is 2. The number of H-pyrrole nitrogens is 1. The first-order valence-corrected chi connectivity index (χ1v) is 4.31. The van der Waals surface area contributed by atoms with E-state index in [4.69, 9.17) is 11.6 Å². The first-order chi connectivity index (χ1) is 6.72. The highest BCUT2D eigenvalue weighted by Gasteiger charge is 2.13. The largest absolute Gasteiger partial charge is 0.465 e. The van der Waals surface area contributed by atoms with Gasteiger partial charge in [0.05, 0.1) is 24.5 Å². The van der Waals surface area contributed by atoms with E-state index < -0.39 is 5.97 Å². The van der Waals surface area contributed by atoms with Crippen LogP contribution in [0.3, 0.4) is 0 Å². The molecule has 0 fully saturated rings.